The Hall–Kier alpha value is -2.36. The number of aromatic nitrogens is 1. The van der Waals surface area contributed by atoms with Gasteiger partial charge >= 0.3 is 0 Å². The number of nitrogens with two attached hydrogens (primary N) is 1. The molecule has 0 aliphatic carbocycles. The zero-order valence-electron chi connectivity index (χ0n) is 8.58. The molecule has 4 heteroatoms. The molecule has 0 spiro atoms. The SMILES string of the molecule is Nc1ccccc1N(C=O)c1ccccn1. The van der Waals surface area contributed by atoms with Gasteiger partial charge in [0.1, 0.15) is 5.82 Å². The number of benzene rings is 1. The van der Waals surface area contributed by atoms with E-state index in [9.17, 15) is 4.79 Å². The molecule has 0 radical (unpaired) electrons. The lowest BCUT2D eigenvalue weighted by molar-refractivity contribution is -0.106. The summed E-state index contributed by atoms with van der Waals surface area (Å²) in [5.41, 5.74) is 6.98. The Balaban J connectivity index is 2.45. The van der Waals surface area contributed by atoms with Crippen LogP contribution in [-0.2, 0) is 4.79 Å². The summed E-state index contributed by atoms with van der Waals surface area (Å²) in [6, 6.07) is 12.5. The van der Waals surface area contributed by atoms with Crippen molar-refractivity contribution in [2.45, 2.75) is 0 Å². The number of rotatable bonds is 3. The third-order valence-electron chi connectivity index (χ3n) is 2.20. The molecule has 0 atom stereocenters. The van der Waals surface area contributed by atoms with Crippen LogP contribution in [-0.4, -0.2) is 11.4 Å². The molecule has 16 heavy (non-hydrogen) atoms. The number of nitrogen functional groups attached to an aromatic ring is 1. The third kappa shape index (κ3) is 1.86. The van der Waals surface area contributed by atoms with Gasteiger partial charge in [0.05, 0.1) is 11.4 Å². The molecule has 4 nitrogen and oxygen atoms in total. The molecule has 2 rings (SSSR count). The fraction of sp³-hybridized carbons (Fsp3) is 0. The molecule has 0 unspecified atom stereocenters. The Morgan fingerprint density at radius 3 is 2.50 bits per heavy atom. The van der Waals surface area contributed by atoms with E-state index < -0.39 is 0 Å². The van der Waals surface area contributed by atoms with E-state index >= 15 is 0 Å². The molecule has 0 fully saturated rings. The van der Waals surface area contributed by atoms with Crippen LogP contribution >= 0.6 is 0 Å². The Labute approximate surface area is 93.3 Å². The van der Waals surface area contributed by atoms with Crippen molar-refractivity contribution in [2.75, 3.05) is 10.6 Å². The number of carbonyl (C=O) groups is 1. The second kappa shape index (κ2) is 4.44. The summed E-state index contributed by atoms with van der Waals surface area (Å²) in [5.74, 6) is 0.551. The first-order chi connectivity index (χ1) is 7.83. The molecule has 80 valence electrons. The number of nitrogens with zero attached hydrogens (tertiary/aromatic N) is 2. The highest BCUT2D eigenvalue weighted by Crippen LogP contribution is 2.26. The number of para-hydroxylation sites is 2. The first-order valence-electron chi connectivity index (χ1n) is 4.83. The number of pyridine rings is 1. The fourth-order valence-electron chi connectivity index (χ4n) is 1.44. The van der Waals surface area contributed by atoms with Crippen molar-refractivity contribution in [3.63, 3.8) is 0 Å². The predicted molar refractivity (Wildman–Crippen MR) is 63.3 cm³/mol. The highest BCUT2D eigenvalue weighted by molar-refractivity contribution is 5.89. The standard InChI is InChI=1S/C12H11N3O/c13-10-5-1-2-6-11(10)15(9-16)12-7-3-4-8-14-12/h1-9H,13H2. The molecule has 0 bridgehead atoms. The number of amides is 1. The highest BCUT2D eigenvalue weighted by atomic mass is 16.1. The van der Waals surface area contributed by atoms with E-state index in [0.717, 1.165) is 0 Å². The van der Waals surface area contributed by atoms with Crippen molar-refractivity contribution in [3.8, 4) is 0 Å². The maximum atomic E-state index is 11.1. The summed E-state index contributed by atoms with van der Waals surface area (Å²) in [6.45, 7) is 0. The molecule has 1 aromatic heterocycles. The van der Waals surface area contributed by atoms with Gasteiger partial charge in [-0.2, -0.15) is 0 Å². The minimum atomic E-state index is 0.542. The van der Waals surface area contributed by atoms with Gasteiger partial charge in [0.15, 0.2) is 0 Å². The zero-order valence-corrected chi connectivity index (χ0v) is 8.58. The zero-order chi connectivity index (χ0) is 11.4. The fourth-order valence-corrected chi connectivity index (χ4v) is 1.44. The number of hydrogen-bond acceptors (Lipinski definition) is 3. The summed E-state index contributed by atoms with van der Waals surface area (Å²) in [6.07, 6.45) is 2.33. The summed E-state index contributed by atoms with van der Waals surface area (Å²) >= 11 is 0. The van der Waals surface area contributed by atoms with E-state index in [1.165, 1.54) is 4.90 Å². The number of anilines is 3. The Kier molecular flexibility index (Phi) is 2.82. The van der Waals surface area contributed by atoms with Crippen molar-refractivity contribution in [3.05, 3.63) is 48.7 Å². The summed E-state index contributed by atoms with van der Waals surface area (Å²) in [5, 5.41) is 0. The van der Waals surface area contributed by atoms with Crippen molar-refractivity contribution in [1.29, 1.82) is 0 Å². The lowest BCUT2D eigenvalue weighted by Crippen LogP contribution is -2.16. The monoisotopic (exact) mass is 213 g/mol. The maximum Gasteiger partial charge on any atom is 0.219 e. The lowest BCUT2D eigenvalue weighted by Gasteiger charge is -2.17. The van der Waals surface area contributed by atoms with Gasteiger partial charge in [0.25, 0.3) is 0 Å². The first kappa shape index (κ1) is 10.2. The Morgan fingerprint density at radius 2 is 1.88 bits per heavy atom. The molecule has 0 saturated carbocycles. The minimum absolute atomic E-state index is 0.542. The van der Waals surface area contributed by atoms with E-state index in [4.69, 9.17) is 5.73 Å². The molecule has 1 heterocycles. The maximum absolute atomic E-state index is 11.1. The summed E-state index contributed by atoms with van der Waals surface area (Å²) in [7, 11) is 0. The van der Waals surface area contributed by atoms with E-state index in [0.29, 0.717) is 23.6 Å². The lowest BCUT2D eigenvalue weighted by atomic mass is 10.2. The molecule has 1 amide bonds. The smallest absolute Gasteiger partial charge is 0.219 e. The third-order valence-corrected chi connectivity index (χ3v) is 2.20. The van der Waals surface area contributed by atoms with Gasteiger partial charge in [0, 0.05) is 6.20 Å². The molecule has 0 aliphatic rings. The molecule has 2 N–H and O–H groups in total. The van der Waals surface area contributed by atoms with Gasteiger partial charge in [-0.25, -0.2) is 4.98 Å². The van der Waals surface area contributed by atoms with Crippen molar-refractivity contribution >= 4 is 23.6 Å². The van der Waals surface area contributed by atoms with Crippen LogP contribution in [0.1, 0.15) is 0 Å². The van der Waals surface area contributed by atoms with Crippen LogP contribution in [0, 0.1) is 0 Å². The van der Waals surface area contributed by atoms with Crippen LogP contribution in [0.2, 0.25) is 0 Å². The van der Waals surface area contributed by atoms with E-state index in [1.54, 1.807) is 30.5 Å². The second-order valence-corrected chi connectivity index (χ2v) is 3.22. The van der Waals surface area contributed by atoms with E-state index in [-0.39, 0.29) is 0 Å². The van der Waals surface area contributed by atoms with Gasteiger partial charge in [0.2, 0.25) is 6.41 Å². The molecular formula is C12H11N3O. The molecule has 0 aliphatic heterocycles. The van der Waals surface area contributed by atoms with Crippen LogP contribution in [0.15, 0.2) is 48.7 Å². The van der Waals surface area contributed by atoms with Crippen molar-refractivity contribution in [1.82, 2.24) is 4.98 Å². The first-order valence-corrected chi connectivity index (χ1v) is 4.83. The minimum Gasteiger partial charge on any atom is -0.397 e. The van der Waals surface area contributed by atoms with Crippen LogP contribution in [0.25, 0.3) is 0 Å². The van der Waals surface area contributed by atoms with Crippen LogP contribution in [0.5, 0.6) is 0 Å². The van der Waals surface area contributed by atoms with E-state index in [2.05, 4.69) is 4.98 Å². The highest BCUT2D eigenvalue weighted by Gasteiger charge is 2.10. The van der Waals surface area contributed by atoms with Gasteiger partial charge in [-0.05, 0) is 24.3 Å². The summed E-state index contributed by atoms with van der Waals surface area (Å²) in [4.78, 5) is 16.6. The average molecular weight is 213 g/mol. The Bertz CT molecular complexity index is 485. The van der Waals surface area contributed by atoms with Crippen molar-refractivity contribution < 1.29 is 4.79 Å². The summed E-state index contributed by atoms with van der Waals surface area (Å²) < 4.78 is 0. The largest absolute Gasteiger partial charge is 0.397 e. The van der Waals surface area contributed by atoms with E-state index in [1.807, 2.05) is 18.2 Å². The van der Waals surface area contributed by atoms with Gasteiger partial charge in [-0.1, -0.05) is 18.2 Å². The normalized spacial score (nSPS) is 9.75. The number of carbonyl (C=O) groups excluding carboxylic acids is 1. The molecule has 2 aromatic rings. The average Bonchev–Trinajstić information content (AvgIpc) is 2.34. The molecular weight excluding hydrogens is 202 g/mol. The van der Waals surface area contributed by atoms with Gasteiger partial charge in [-0.15, -0.1) is 0 Å². The van der Waals surface area contributed by atoms with Crippen LogP contribution < -0.4 is 10.6 Å². The molecule has 1 aromatic carbocycles. The quantitative estimate of drug-likeness (QED) is 0.626. The van der Waals surface area contributed by atoms with Crippen LogP contribution in [0.3, 0.4) is 0 Å². The molecule has 0 saturated heterocycles. The van der Waals surface area contributed by atoms with Crippen molar-refractivity contribution in [2.24, 2.45) is 0 Å². The van der Waals surface area contributed by atoms with Crippen LogP contribution in [0.4, 0.5) is 17.2 Å². The Morgan fingerprint density at radius 1 is 1.12 bits per heavy atom. The van der Waals surface area contributed by atoms with Gasteiger partial charge < -0.3 is 5.73 Å². The second-order valence-electron chi connectivity index (χ2n) is 3.22. The predicted octanol–water partition coefficient (Wildman–Crippen LogP) is 1.96. The van der Waals surface area contributed by atoms with Gasteiger partial charge in [-0.3, -0.25) is 9.69 Å². The topological polar surface area (TPSA) is 59.2 Å². The number of hydrogen-bond donors (Lipinski definition) is 1.